The van der Waals surface area contributed by atoms with Gasteiger partial charge in [-0.3, -0.25) is 14.3 Å². The van der Waals surface area contributed by atoms with Gasteiger partial charge in [-0.25, -0.2) is 4.79 Å². The predicted molar refractivity (Wildman–Crippen MR) is 55.7 cm³/mol. The predicted octanol–water partition coefficient (Wildman–Crippen LogP) is -1.50. The first-order valence-electron chi connectivity index (χ1n) is 5.35. The van der Waals surface area contributed by atoms with Gasteiger partial charge >= 0.3 is 5.69 Å². The summed E-state index contributed by atoms with van der Waals surface area (Å²) in [6, 6.07) is 0. The van der Waals surface area contributed by atoms with Crippen molar-refractivity contribution in [3.05, 3.63) is 32.6 Å². The molecule has 1 aromatic rings. The maximum Gasteiger partial charge on any atom is 0.330 e. The standard InChI is InChI=1S/C10H12N2O5/c1-4-2-12(10(15)11-8(4)14)9-7-6(13)5(17-9)3-16-7/h2,5-7,9,13H,3H2,1H3,(H,11,14,15)/t5-,6+,7+,9+/m0/s1. The van der Waals surface area contributed by atoms with Gasteiger partial charge in [0.05, 0.1) is 6.61 Å². The Hall–Kier alpha value is -1.44. The summed E-state index contributed by atoms with van der Waals surface area (Å²) in [7, 11) is 0. The van der Waals surface area contributed by atoms with E-state index >= 15 is 0 Å². The lowest BCUT2D eigenvalue weighted by Gasteiger charge is -2.23. The van der Waals surface area contributed by atoms with Crippen LogP contribution in [0.5, 0.6) is 0 Å². The lowest BCUT2D eigenvalue weighted by molar-refractivity contribution is -0.128. The Balaban J connectivity index is 2.04. The Morgan fingerprint density at radius 1 is 1.53 bits per heavy atom. The summed E-state index contributed by atoms with van der Waals surface area (Å²) in [6.07, 6.45) is -0.930. The van der Waals surface area contributed by atoms with Gasteiger partial charge in [-0.1, -0.05) is 0 Å². The molecule has 3 heterocycles. The number of hydrogen-bond donors (Lipinski definition) is 2. The molecule has 0 saturated carbocycles. The van der Waals surface area contributed by atoms with Crippen molar-refractivity contribution in [2.24, 2.45) is 0 Å². The summed E-state index contributed by atoms with van der Waals surface area (Å²) in [4.78, 5) is 25.1. The van der Waals surface area contributed by atoms with Gasteiger partial charge < -0.3 is 14.6 Å². The summed E-state index contributed by atoms with van der Waals surface area (Å²) in [5.74, 6) is 0. The van der Waals surface area contributed by atoms with Crippen LogP contribution in [0.3, 0.4) is 0 Å². The molecule has 3 rings (SSSR count). The highest BCUT2D eigenvalue weighted by molar-refractivity contribution is 5.04. The number of rotatable bonds is 1. The van der Waals surface area contributed by atoms with Gasteiger partial charge in [-0.05, 0) is 6.92 Å². The van der Waals surface area contributed by atoms with Crippen molar-refractivity contribution in [1.29, 1.82) is 0 Å². The number of ether oxygens (including phenoxy) is 2. The Kier molecular flexibility index (Phi) is 2.22. The molecule has 2 saturated heterocycles. The van der Waals surface area contributed by atoms with Crippen LogP contribution in [0.25, 0.3) is 0 Å². The number of aryl methyl sites for hydroxylation is 1. The van der Waals surface area contributed by atoms with Gasteiger partial charge in [0, 0.05) is 11.8 Å². The molecular weight excluding hydrogens is 228 g/mol. The van der Waals surface area contributed by atoms with E-state index in [1.165, 1.54) is 10.8 Å². The van der Waals surface area contributed by atoms with Gasteiger partial charge in [0.2, 0.25) is 0 Å². The van der Waals surface area contributed by atoms with Gasteiger partial charge in [-0.15, -0.1) is 0 Å². The topological polar surface area (TPSA) is 93.6 Å². The van der Waals surface area contributed by atoms with Gasteiger partial charge in [0.1, 0.15) is 18.3 Å². The van der Waals surface area contributed by atoms with E-state index in [0.29, 0.717) is 12.2 Å². The third-order valence-corrected chi connectivity index (χ3v) is 3.19. The molecule has 0 unspecified atom stereocenters. The zero-order chi connectivity index (χ0) is 12.2. The van der Waals surface area contributed by atoms with Crippen LogP contribution in [-0.2, 0) is 9.47 Å². The number of H-pyrrole nitrogens is 1. The number of aliphatic hydroxyl groups is 1. The van der Waals surface area contributed by atoms with E-state index in [1.54, 1.807) is 6.92 Å². The van der Waals surface area contributed by atoms with Crippen molar-refractivity contribution in [3.8, 4) is 0 Å². The molecule has 0 radical (unpaired) electrons. The number of nitrogens with one attached hydrogen (secondary N) is 1. The van der Waals surface area contributed by atoms with Crippen LogP contribution in [0.2, 0.25) is 0 Å². The molecule has 2 N–H and O–H groups in total. The SMILES string of the molecule is Cc1cn([C@@H]2O[C@H]3CO[C@@H]2[C@@H]3O)c(=O)[nH]c1=O. The summed E-state index contributed by atoms with van der Waals surface area (Å²) in [5.41, 5.74) is -0.574. The molecule has 0 aliphatic carbocycles. The molecule has 7 heteroatoms. The monoisotopic (exact) mass is 240 g/mol. The average Bonchev–Trinajstić information content (AvgIpc) is 2.79. The van der Waals surface area contributed by atoms with E-state index in [-0.39, 0.29) is 0 Å². The number of aliphatic hydroxyl groups excluding tert-OH is 1. The van der Waals surface area contributed by atoms with Gasteiger partial charge in [-0.2, -0.15) is 0 Å². The molecule has 0 aromatic carbocycles. The fourth-order valence-electron chi connectivity index (χ4n) is 2.24. The molecule has 0 amide bonds. The molecule has 2 bridgehead atoms. The molecule has 7 nitrogen and oxygen atoms in total. The minimum Gasteiger partial charge on any atom is -0.387 e. The Morgan fingerprint density at radius 2 is 2.29 bits per heavy atom. The van der Waals surface area contributed by atoms with Crippen molar-refractivity contribution >= 4 is 0 Å². The number of aromatic nitrogens is 2. The minimum atomic E-state index is -0.723. The van der Waals surface area contributed by atoms with Crippen LogP contribution < -0.4 is 11.2 Å². The van der Waals surface area contributed by atoms with Gasteiger partial charge in [0.15, 0.2) is 6.23 Å². The number of fused-ring (bicyclic) bond motifs is 2. The van der Waals surface area contributed by atoms with Crippen molar-refractivity contribution in [2.75, 3.05) is 6.61 Å². The molecule has 4 atom stereocenters. The zero-order valence-corrected chi connectivity index (χ0v) is 9.12. The molecule has 2 fully saturated rings. The van der Waals surface area contributed by atoms with E-state index < -0.39 is 35.8 Å². The second-order valence-electron chi connectivity index (χ2n) is 4.33. The summed E-state index contributed by atoms with van der Waals surface area (Å²) >= 11 is 0. The third kappa shape index (κ3) is 1.47. The molecule has 92 valence electrons. The van der Waals surface area contributed by atoms with Crippen LogP contribution in [0.15, 0.2) is 15.8 Å². The Labute approximate surface area is 95.6 Å². The molecule has 2 aliphatic rings. The highest BCUT2D eigenvalue weighted by Gasteiger charge is 2.51. The summed E-state index contributed by atoms with van der Waals surface area (Å²) in [6.45, 7) is 1.93. The molecule has 2 aliphatic heterocycles. The third-order valence-electron chi connectivity index (χ3n) is 3.19. The smallest absolute Gasteiger partial charge is 0.330 e. The zero-order valence-electron chi connectivity index (χ0n) is 9.12. The fourth-order valence-corrected chi connectivity index (χ4v) is 2.24. The fraction of sp³-hybridized carbons (Fsp3) is 0.600. The minimum absolute atomic E-state index is 0.333. The normalized spacial score (nSPS) is 35.4. The lowest BCUT2D eigenvalue weighted by atomic mass is 10.2. The quantitative estimate of drug-likeness (QED) is 0.623. The second-order valence-corrected chi connectivity index (χ2v) is 4.33. The van der Waals surface area contributed by atoms with E-state index in [4.69, 9.17) is 9.47 Å². The largest absolute Gasteiger partial charge is 0.387 e. The van der Waals surface area contributed by atoms with Crippen LogP contribution in [0.4, 0.5) is 0 Å². The van der Waals surface area contributed by atoms with E-state index in [0.717, 1.165) is 0 Å². The highest BCUT2D eigenvalue weighted by atomic mass is 16.6. The Morgan fingerprint density at radius 3 is 2.88 bits per heavy atom. The van der Waals surface area contributed by atoms with E-state index in [9.17, 15) is 14.7 Å². The van der Waals surface area contributed by atoms with Crippen LogP contribution in [0.1, 0.15) is 11.8 Å². The second kappa shape index (κ2) is 3.52. The highest BCUT2D eigenvalue weighted by Crippen LogP contribution is 2.36. The number of hydrogen-bond acceptors (Lipinski definition) is 5. The molecular formula is C10H12N2O5. The summed E-state index contributed by atoms with van der Waals surface area (Å²) in [5, 5.41) is 9.74. The number of nitrogens with zero attached hydrogens (tertiary/aromatic N) is 1. The lowest BCUT2D eigenvalue weighted by Crippen LogP contribution is -2.39. The maximum absolute atomic E-state index is 11.7. The van der Waals surface area contributed by atoms with E-state index in [2.05, 4.69) is 4.98 Å². The van der Waals surface area contributed by atoms with Crippen LogP contribution >= 0.6 is 0 Å². The van der Waals surface area contributed by atoms with E-state index in [1.807, 2.05) is 0 Å². The number of aromatic amines is 1. The summed E-state index contributed by atoms with van der Waals surface area (Å²) < 4.78 is 12.1. The van der Waals surface area contributed by atoms with Gasteiger partial charge in [0.25, 0.3) is 5.56 Å². The van der Waals surface area contributed by atoms with Crippen molar-refractivity contribution in [2.45, 2.75) is 31.5 Å². The molecule has 1 aromatic heterocycles. The van der Waals surface area contributed by atoms with Crippen molar-refractivity contribution in [1.82, 2.24) is 9.55 Å². The molecule has 0 spiro atoms. The first-order valence-corrected chi connectivity index (χ1v) is 5.35. The first-order chi connectivity index (χ1) is 8.08. The van der Waals surface area contributed by atoms with Crippen molar-refractivity contribution < 1.29 is 14.6 Å². The van der Waals surface area contributed by atoms with Crippen LogP contribution in [-0.4, -0.2) is 39.6 Å². The average molecular weight is 240 g/mol. The Bertz CT molecular complexity index is 563. The van der Waals surface area contributed by atoms with Crippen molar-refractivity contribution in [3.63, 3.8) is 0 Å². The maximum atomic E-state index is 11.7. The molecule has 17 heavy (non-hydrogen) atoms. The first kappa shape index (κ1) is 10.7. The van der Waals surface area contributed by atoms with Crippen LogP contribution in [0, 0.1) is 6.92 Å².